The highest BCUT2D eigenvalue weighted by Gasteiger charge is 2.21. The zero-order chi connectivity index (χ0) is 23.4. The van der Waals surface area contributed by atoms with Crippen molar-refractivity contribution in [2.24, 2.45) is 0 Å². The summed E-state index contributed by atoms with van der Waals surface area (Å²) in [4.78, 5) is 30.0. The first kappa shape index (κ1) is 23.3. The third-order valence-electron chi connectivity index (χ3n) is 5.53. The zero-order valence-corrected chi connectivity index (χ0v) is 19.9. The first-order valence-electron chi connectivity index (χ1n) is 11.0. The molecule has 1 atom stereocenters. The smallest absolute Gasteiger partial charge is 0.337 e. The van der Waals surface area contributed by atoms with Crippen LogP contribution >= 0.6 is 11.8 Å². The van der Waals surface area contributed by atoms with Gasteiger partial charge in [-0.05, 0) is 68.1 Å². The average molecular weight is 469 g/mol. The molecule has 1 fully saturated rings. The van der Waals surface area contributed by atoms with Crippen molar-refractivity contribution < 1.29 is 19.0 Å². The second-order valence-corrected chi connectivity index (χ2v) is 9.25. The maximum atomic E-state index is 13.3. The second kappa shape index (κ2) is 10.4. The van der Waals surface area contributed by atoms with Gasteiger partial charge in [-0.15, -0.1) is 0 Å². The number of ether oxygens (including phenoxy) is 3. The predicted octanol–water partition coefficient (Wildman–Crippen LogP) is 4.15. The van der Waals surface area contributed by atoms with Gasteiger partial charge in [0.25, 0.3) is 5.56 Å². The molecule has 1 aliphatic heterocycles. The van der Waals surface area contributed by atoms with Crippen LogP contribution in [0.2, 0.25) is 0 Å². The fourth-order valence-electron chi connectivity index (χ4n) is 4.02. The number of carbonyl (C=O) groups excluding carboxylic acids is 1. The van der Waals surface area contributed by atoms with Gasteiger partial charge >= 0.3 is 5.97 Å². The fourth-order valence-corrected chi connectivity index (χ4v) is 4.84. The Kier molecular flexibility index (Phi) is 7.35. The van der Waals surface area contributed by atoms with E-state index in [9.17, 15) is 9.59 Å². The van der Waals surface area contributed by atoms with E-state index < -0.39 is 5.97 Å². The van der Waals surface area contributed by atoms with Crippen molar-refractivity contribution in [2.45, 2.75) is 44.5 Å². The van der Waals surface area contributed by atoms with Crippen molar-refractivity contribution in [2.75, 3.05) is 26.1 Å². The Bertz CT molecular complexity index is 1200. The predicted molar refractivity (Wildman–Crippen MR) is 128 cm³/mol. The van der Waals surface area contributed by atoms with Crippen LogP contribution in [0.4, 0.5) is 0 Å². The number of esters is 1. The summed E-state index contributed by atoms with van der Waals surface area (Å²) in [5.41, 5.74) is 3.01. The summed E-state index contributed by atoms with van der Waals surface area (Å²) >= 11 is 1.46. The van der Waals surface area contributed by atoms with E-state index in [2.05, 4.69) is 6.07 Å². The van der Waals surface area contributed by atoms with Gasteiger partial charge in [-0.25, -0.2) is 9.78 Å². The minimum atomic E-state index is -0.460. The Labute approximate surface area is 197 Å². The highest BCUT2D eigenvalue weighted by Crippen LogP contribution is 2.23. The summed E-state index contributed by atoms with van der Waals surface area (Å²) in [7, 11) is 1.33. The molecule has 0 radical (unpaired) electrons. The Morgan fingerprint density at radius 2 is 2.00 bits per heavy atom. The Morgan fingerprint density at radius 1 is 1.21 bits per heavy atom. The van der Waals surface area contributed by atoms with E-state index in [0.717, 1.165) is 36.3 Å². The van der Waals surface area contributed by atoms with E-state index in [1.54, 1.807) is 22.8 Å². The van der Waals surface area contributed by atoms with Crippen LogP contribution in [0.5, 0.6) is 5.75 Å². The van der Waals surface area contributed by atoms with E-state index >= 15 is 0 Å². The monoisotopic (exact) mass is 468 g/mol. The molecule has 0 saturated carbocycles. The highest BCUT2D eigenvalue weighted by molar-refractivity contribution is 7.99. The summed E-state index contributed by atoms with van der Waals surface area (Å²) < 4.78 is 18.2. The molecule has 0 bridgehead atoms. The molecule has 0 amide bonds. The summed E-state index contributed by atoms with van der Waals surface area (Å²) in [5.74, 6) is 0.991. The minimum absolute atomic E-state index is 0.00200. The lowest BCUT2D eigenvalue weighted by Gasteiger charge is -2.17. The topological polar surface area (TPSA) is 79.7 Å². The van der Waals surface area contributed by atoms with Crippen molar-refractivity contribution in [3.8, 4) is 5.75 Å². The van der Waals surface area contributed by atoms with Crippen LogP contribution in [-0.2, 0) is 16.0 Å². The quantitative estimate of drug-likeness (QED) is 0.213. The number of aromatic nitrogens is 2. The van der Waals surface area contributed by atoms with Gasteiger partial charge in [-0.1, -0.05) is 17.8 Å². The average Bonchev–Trinajstić information content (AvgIpc) is 3.31. The van der Waals surface area contributed by atoms with Gasteiger partial charge in [0.05, 0.1) is 42.8 Å². The lowest BCUT2D eigenvalue weighted by molar-refractivity contribution is 0.0601. The molecule has 2 aromatic carbocycles. The number of rotatable bonds is 8. The van der Waals surface area contributed by atoms with Crippen molar-refractivity contribution in [1.29, 1.82) is 0 Å². The fraction of sp³-hybridized carbons (Fsp3) is 0.400. The summed E-state index contributed by atoms with van der Waals surface area (Å²) in [6.07, 6.45) is 1.92. The number of thioether (sulfide) groups is 1. The number of hydrogen-bond acceptors (Lipinski definition) is 7. The maximum Gasteiger partial charge on any atom is 0.337 e. The molecule has 1 saturated heterocycles. The lowest BCUT2D eigenvalue weighted by Crippen LogP contribution is -2.29. The van der Waals surface area contributed by atoms with Crippen LogP contribution in [0, 0.1) is 13.8 Å². The molecule has 0 aliphatic carbocycles. The standard InChI is InChI=1S/C25H28N2O5S/c1-16-11-17(2)13-20(12-16)32-9-10-33-25-26-22-14-18(24(29)30-3)6-7-21(22)23(28)27(25)15-19-5-4-8-31-19/h6-7,11-14,19H,4-5,8-10,15H2,1-3H3/t19-/m0/s1. The zero-order valence-electron chi connectivity index (χ0n) is 19.1. The minimum Gasteiger partial charge on any atom is -0.493 e. The van der Waals surface area contributed by atoms with Crippen LogP contribution in [0.15, 0.2) is 46.3 Å². The van der Waals surface area contributed by atoms with Gasteiger partial charge in [0.2, 0.25) is 0 Å². The highest BCUT2D eigenvalue weighted by atomic mass is 32.2. The van der Waals surface area contributed by atoms with Crippen LogP contribution in [0.25, 0.3) is 10.9 Å². The molecule has 7 nitrogen and oxygen atoms in total. The van der Waals surface area contributed by atoms with Gasteiger partial charge < -0.3 is 14.2 Å². The third-order valence-corrected chi connectivity index (χ3v) is 6.47. The van der Waals surface area contributed by atoms with Crippen LogP contribution in [0.1, 0.15) is 34.3 Å². The molecule has 1 aliphatic rings. The van der Waals surface area contributed by atoms with E-state index in [1.165, 1.54) is 18.9 Å². The number of hydrogen-bond donors (Lipinski definition) is 0. The van der Waals surface area contributed by atoms with E-state index in [4.69, 9.17) is 19.2 Å². The van der Waals surface area contributed by atoms with Gasteiger partial charge in [0, 0.05) is 12.4 Å². The van der Waals surface area contributed by atoms with Gasteiger partial charge in [-0.3, -0.25) is 9.36 Å². The number of fused-ring (bicyclic) bond motifs is 1. The van der Waals surface area contributed by atoms with Crippen LogP contribution < -0.4 is 10.3 Å². The van der Waals surface area contributed by atoms with Crippen LogP contribution in [-0.4, -0.2) is 47.7 Å². The molecule has 0 unspecified atom stereocenters. The Hall–Kier alpha value is -2.84. The molecule has 3 aromatic rings. The molecule has 174 valence electrons. The maximum absolute atomic E-state index is 13.3. The van der Waals surface area contributed by atoms with E-state index in [0.29, 0.717) is 40.5 Å². The number of nitrogens with zero attached hydrogens (tertiary/aromatic N) is 2. The largest absolute Gasteiger partial charge is 0.493 e. The number of methoxy groups -OCH3 is 1. The first-order valence-corrected chi connectivity index (χ1v) is 12.0. The first-order chi connectivity index (χ1) is 15.9. The second-order valence-electron chi connectivity index (χ2n) is 8.19. The molecule has 33 heavy (non-hydrogen) atoms. The van der Waals surface area contributed by atoms with E-state index in [1.807, 2.05) is 26.0 Å². The van der Waals surface area contributed by atoms with Gasteiger partial charge in [0.1, 0.15) is 5.75 Å². The molecule has 4 rings (SSSR count). The number of benzene rings is 2. The summed E-state index contributed by atoms with van der Waals surface area (Å²) in [6, 6.07) is 11.0. The van der Waals surface area contributed by atoms with Crippen molar-refractivity contribution in [3.63, 3.8) is 0 Å². The molecule has 2 heterocycles. The lowest BCUT2D eigenvalue weighted by atomic mass is 10.1. The third kappa shape index (κ3) is 5.57. The molecule has 0 N–H and O–H groups in total. The molecule has 1 aromatic heterocycles. The number of carbonyl (C=O) groups is 1. The number of aryl methyl sites for hydroxylation is 2. The van der Waals surface area contributed by atoms with Crippen LogP contribution in [0.3, 0.4) is 0 Å². The van der Waals surface area contributed by atoms with Crippen molar-refractivity contribution >= 4 is 28.6 Å². The molecular weight excluding hydrogens is 440 g/mol. The van der Waals surface area contributed by atoms with Crippen molar-refractivity contribution in [1.82, 2.24) is 9.55 Å². The molecule has 8 heteroatoms. The van der Waals surface area contributed by atoms with Gasteiger partial charge in [-0.2, -0.15) is 0 Å². The SMILES string of the molecule is COC(=O)c1ccc2c(=O)n(C[C@@H]3CCCO3)c(SCCOc3cc(C)cc(C)c3)nc2c1. The Morgan fingerprint density at radius 3 is 2.70 bits per heavy atom. The van der Waals surface area contributed by atoms with Crippen molar-refractivity contribution in [3.05, 3.63) is 63.4 Å². The van der Waals surface area contributed by atoms with E-state index in [-0.39, 0.29) is 11.7 Å². The molecule has 0 spiro atoms. The van der Waals surface area contributed by atoms with Gasteiger partial charge in [0.15, 0.2) is 5.16 Å². The summed E-state index contributed by atoms with van der Waals surface area (Å²) in [6.45, 7) is 5.74. The normalized spacial score (nSPS) is 15.7. The summed E-state index contributed by atoms with van der Waals surface area (Å²) in [5, 5.41) is 1.06. The Balaban J connectivity index is 1.58. The molecular formula is C25H28N2O5S.